The molecular weight excluding hydrogens is 213 g/mol. The minimum atomic E-state index is 0.484. The van der Waals surface area contributed by atoms with E-state index in [1.807, 2.05) is 0 Å². The minimum Gasteiger partial charge on any atom is -0.243 e. The van der Waals surface area contributed by atoms with Crippen LogP contribution >= 0.6 is 27.5 Å². The summed E-state index contributed by atoms with van der Waals surface area (Å²) in [7, 11) is 0. The number of rotatable bonds is 1. The molecule has 0 saturated carbocycles. The zero-order valence-electron chi connectivity index (χ0n) is 5.14. The molecule has 1 heterocycles. The van der Waals surface area contributed by atoms with E-state index in [1.54, 1.807) is 18.3 Å². The van der Waals surface area contributed by atoms with E-state index in [0.717, 1.165) is 10.0 Å². The predicted octanol–water partition coefficient (Wildman–Crippen LogP) is 3.14. The molecule has 0 bridgehead atoms. The number of pyridine rings is 1. The smallest absolute Gasteiger partial charge is 0.129 e. The highest BCUT2D eigenvalue weighted by Crippen LogP contribution is 2.18. The molecule has 0 N–H and O–H groups in total. The van der Waals surface area contributed by atoms with Gasteiger partial charge < -0.3 is 0 Å². The Kier molecular flexibility index (Phi) is 2.46. The monoisotopic (exact) mass is 217 g/mol. The topological polar surface area (TPSA) is 12.9 Å². The quantitative estimate of drug-likeness (QED) is 0.660. The SMILES string of the molecule is C=Cc1cc(Cl)ncc1Br. The second kappa shape index (κ2) is 3.17. The molecule has 1 aromatic rings. The lowest BCUT2D eigenvalue weighted by Crippen LogP contribution is -1.78. The molecule has 0 unspecified atom stereocenters. The molecule has 3 heteroatoms. The van der Waals surface area contributed by atoms with Gasteiger partial charge in [0.25, 0.3) is 0 Å². The Bertz CT molecular complexity index is 260. The van der Waals surface area contributed by atoms with Gasteiger partial charge in [-0.05, 0) is 27.6 Å². The molecule has 1 rings (SSSR count). The molecule has 1 aromatic heterocycles. The van der Waals surface area contributed by atoms with E-state index >= 15 is 0 Å². The lowest BCUT2D eigenvalue weighted by Gasteiger charge is -1.95. The Labute approximate surface area is 72.9 Å². The molecule has 52 valence electrons. The van der Waals surface area contributed by atoms with Gasteiger partial charge in [0.1, 0.15) is 5.15 Å². The third-order valence-electron chi connectivity index (χ3n) is 1.07. The first kappa shape index (κ1) is 7.76. The standard InChI is InChI=1S/C7H5BrClN/c1-2-5-3-7(9)10-4-6(5)8/h2-4H,1H2. The Balaban J connectivity index is 3.21. The second-order valence-corrected chi connectivity index (χ2v) is 2.97. The molecule has 0 atom stereocenters. The van der Waals surface area contributed by atoms with Crippen LogP contribution in [0.4, 0.5) is 0 Å². The summed E-state index contributed by atoms with van der Waals surface area (Å²) in [6.07, 6.45) is 3.37. The van der Waals surface area contributed by atoms with Crippen LogP contribution in [0.5, 0.6) is 0 Å². The molecule has 0 radical (unpaired) electrons. The van der Waals surface area contributed by atoms with Crippen molar-refractivity contribution in [3.63, 3.8) is 0 Å². The molecule has 0 spiro atoms. The van der Waals surface area contributed by atoms with Gasteiger partial charge in [-0.15, -0.1) is 0 Å². The number of hydrogen-bond donors (Lipinski definition) is 0. The van der Waals surface area contributed by atoms with E-state index in [9.17, 15) is 0 Å². The number of halogens is 2. The zero-order chi connectivity index (χ0) is 7.56. The summed E-state index contributed by atoms with van der Waals surface area (Å²) < 4.78 is 0.909. The Hall–Kier alpha value is -0.340. The van der Waals surface area contributed by atoms with Gasteiger partial charge in [-0.25, -0.2) is 4.98 Å². The van der Waals surface area contributed by atoms with Crippen molar-refractivity contribution in [2.45, 2.75) is 0 Å². The van der Waals surface area contributed by atoms with Crippen molar-refractivity contribution in [3.8, 4) is 0 Å². The van der Waals surface area contributed by atoms with Crippen molar-refractivity contribution in [2.75, 3.05) is 0 Å². The van der Waals surface area contributed by atoms with Gasteiger partial charge in [0.2, 0.25) is 0 Å². The Morgan fingerprint density at radius 2 is 2.40 bits per heavy atom. The van der Waals surface area contributed by atoms with E-state index in [0.29, 0.717) is 5.15 Å². The highest BCUT2D eigenvalue weighted by molar-refractivity contribution is 9.10. The van der Waals surface area contributed by atoms with Gasteiger partial charge in [-0.2, -0.15) is 0 Å². The van der Waals surface area contributed by atoms with E-state index in [-0.39, 0.29) is 0 Å². The summed E-state index contributed by atoms with van der Waals surface area (Å²) in [6.45, 7) is 3.62. The summed E-state index contributed by atoms with van der Waals surface area (Å²) in [5.41, 5.74) is 0.958. The fourth-order valence-corrected chi connectivity index (χ4v) is 1.13. The van der Waals surface area contributed by atoms with Crippen molar-refractivity contribution in [1.29, 1.82) is 0 Å². The molecular formula is C7H5BrClN. The molecule has 0 amide bonds. The largest absolute Gasteiger partial charge is 0.243 e. The molecule has 0 saturated heterocycles. The summed E-state index contributed by atoms with van der Waals surface area (Å²) in [4.78, 5) is 3.86. The maximum absolute atomic E-state index is 5.62. The molecule has 0 aliphatic rings. The van der Waals surface area contributed by atoms with Crippen LogP contribution in [0.3, 0.4) is 0 Å². The minimum absolute atomic E-state index is 0.484. The van der Waals surface area contributed by atoms with Gasteiger partial charge in [-0.1, -0.05) is 24.3 Å². The summed E-state index contributed by atoms with van der Waals surface area (Å²) in [5.74, 6) is 0. The number of aromatic nitrogens is 1. The van der Waals surface area contributed by atoms with Crippen molar-refractivity contribution < 1.29 is 0 Å². The molecule has 1 nitrogen and oxygen atoms in total. The summed E-state index contributed by atoms with van der Waals surface area (Å²) >= 11 is 8.91. The third kappa shape index (κ3) is 1.58. The average molecular weight is 218 g/mol. The first-order chi connectivity index (χ1) is 4.74. The first-order valence-electron chi connectivity index (χ1n) is 2.67. The lowest BCUT2D eigenvalue weighted by atomic mass is 10.3. The second-order valence-electron chi connectivity index (χ2n) is 1.73. The molecule has 0 fully saturated rings. The molecule has 0 aliphatic heterocycles. The molecule has 0 aromatic carbocycles. The number of nitrogens with zero attached hydrogens (tertiary/aromatic N) is 1. The van der Waals surface area contributed by atoms with Crippen molar-refractivity contribution in [2.24, 2.45) is 0 Å². The highest BCUT2D eigenvalue weighted by Gasteiger charge is 1.95. The maximum atomic E-state index is 5.62. The van der Waals surface area contributed by atoms with Crippen LogP contribution in [0.1, 0.15) is 5.56 Å². The van der Waals surface area contributed by atoms with Crippen LogP contribution in [-0.4, -0.2) is 4.98 Å². The average Bonchev–Trinajstić information content (AvgIpc) is 1.94. The highest BCUT2D eigenvalue weighted by atomic mass is 79.9. The van der Waals surface area contributed by atoms with Crippen LogP contribution < -0.4 is 0 Å². The van der Waals surface area contributed by atoms with Crippen LogP contribution in [0.25, 0.3) is 6.08 Å². The maximum Gasteiger partial charge on any atom is 0.129 e. The van der Waals surface area contributed by atoms with Crippen molar-refractivity contribution in [1.82, 2.24) is 4.98 Å². The summed E-state index contributed by atoms with van der Waals surface area (Å²) in [6, 6.07) is 1.75. The fourth-order valence-electron chi connectivity index (χ4n) is 0.584. The van der Waals surface area contributed by atoms with Gasteiger partial charge in [0.15, 0.2) is 0 Å². The van der Waals surface area contributed by atoms with E-state index < -0.39 is 0 Å². The predicted molar refractivity (Wildman–Crippen MR) is 47.0 cm³/mol. The molecule has 0 aliphatic carbocycles. The Morgan fingerprint density at radius 3 is 2.90 bits per heavy atom. The van der Waals surface area contributed by atoms with Gasteiger partial charge >= 0.3 is 0 Å². The first-order valence-corrected chi connectivity index (χ1v) is 3.84. The third-order valence-corrected chi connectivity index (χ3v) is 1.94. The van der Waals surface area contributed by atoms with Gasteiger partial charge in [0.05, 0.1) is 0 Å². The zero-order valence-corrected chi connectivity index (χ0v) is 7.48. The van der Waals surface area contributed by atoms with Crippen molar-refractivity contribution in [3.05, 3.63) is 34.0 Å². The van der Waals surface area contributed by atoms with Crippen LogP contribution in [0, 0.1) is 0 Å². The van der Waals surface area contributed by atoms with Crippen LogP contribution in [-0.2, 0) is 0 Å². The van der Waals surface area contributed by atoms with Crippen LogP contribution in [0.15, 0.2) is 23.3 Å². The van der Waals surface area contributed by atoms with E-state index in [2.05, 4.69) is 27.5 Å². The number of hydrogen-bond acceptors (Lipinski definition) is 1. The lowest BCUT2D eigenvalue weighted by molar-refractivity contribution is 1.30. The fraction of sp³-hybridized carbons (Fsp3) is 0. The van der Waals surface area contributed by atoms with Gasteiger partial charge in [0, 0.05) is 10.7 Å². The van der Waals surface area contributed by atoms with E-state index in [4.69, 9.17) is 11.6 Å². The Morgan fingerprint density at radius 1 is 1.70 bits per heavy atom. The van der Waals surface area contributed by atoms with E-state index in [1.165, 1.54) is 0 Å². The van der Waals surface area contributed by atoms with Gasteiger partial charge in [-0.3, -0.25) is 0 Å². The molecule has 10 heavy (non-hydrogen) atoms. The van der Waals surface area contributed by atoms with Crippen LogP contribution in [0.2, 0.25) is 5.15 Å². The normalized spacial score (nSPS) is 9.40. The summed E-state index contributed by atoms with van der Waals surface area (Å²) in [5, 5.41) is 0.484. The van der Waals surface area contributed by atoms with Crippen molar-refractivity contribution >= 4 is 33.6 Å².